The Hall–Kier alpha value is -1.42. The van der Waals surface area contributed by atoms with Gasteiger partial charge < -0.3 is 78.8 Å². The Labute approximate surface area is 210 Å². The minimum Gasteiger partial charge on any atom is -0.477 e. The van der Waals surface area contributed by atoms with Gasteiger partial charge in [0.05, 0.1) is 19.8 Å². The summed E-state index contributed by atoms with van der Waals surface area (Å²) >= 11 is 0. The first-order chi connectivity index (χ1) is 17.6. The van der Waals surface area contributed by atoms with Crippen LogP contribution in [0.15, 0.2) is 0 Å². The summed E-state index contributed by atoms with van der Waals surface area (Å²) < 4.78 is 36.1. The van der Waals surface area contributed by atoms with E-state index in [2.05, 4.69) is 0 Å². The predicted octanol–water partition coefficient (Wildman–Crippen LogP) is -5.72. The topological polar surface area (TPSA) is 261 Å². The van der Waals surface area contributed by atoms with Gasteiger partial charge in [-0.15, -0.1) is 0 Å². The van der Waals surface area contributed by atoms with Crippen LogP contribution in [-0.2, 0) is 42.7 Å². The first kappa shape index (κ1) is 31.8. The van der Waals surface area contributed by atoms with E-state index in [1.807, 2.05) is 0 Å². The van der Waals surface area contributed by atoms with E-state index in [0.717, 1.165) is 7.11 Å². The molecule has 13 atom stereocenters. The Kier molecular flexibility index (Phi) is 12.6. The molecule has 0 bridgehead atoms. The largest absolute Gasteiger partial charge is 0.477 e. The molecule has 2 rings (SSSR count). The fourth-order valence-corrected chi connectivity index (χ4v) is 3.91. The van der Waals surface area contributed by atoms with Gasteiger partial charge in [-0.1, -0.05) is 0 Å². The summed E-state index contributed by atoms with van der Waals surface area (Å²) in [6, 6.07) is 0. The Morgan fingerprint density at radius 3 is 1.86 bits per heavy atom. The molecule has 17 heteroatoms. The number of aldehydes is 1. The smallest absolute Gasteiger partial charge is 0.361 e. The number of carboxylic acids is 1. The lowest BCUT2D eigenvalue weighted by Gasteiger charge is -2.43. The van der Waals surface area contributed by atoms with E-state index in [0.29, 0.717) is 0 Å². The van der Waals surface area contributed by atoms with Crippen LogP contribution in [0.25, 0.3) is 0 Å². The van der Waals surface area contributed by atoms with Gasteiger partial charge in [0.25, 0.3) is 6.29 Å². The zero-order valence-electron chi connectivity index (χ0n) is 20.0. The summed E-state index contributed by atoms with van der Waals surface area (Å²) in [6.07, 6.45) is -21.1. The molecule has 2 heterocycles. The molecule has 37 heavy (non-hydrogen) atoms. The lowest BCUT2D eigenvalue weighted by molar-refractivity contribution is -0.334. The third-order valence-corrected chi connectivity index (χ3v) is 5.90. The molecule has 0 aromatic heterocycles. The van der Waals surface area contributed by atoms with Crippen molar-refractivity contribution in [3.63, 3.8) is 0 Å². The van der Waals surface area contributed by atoms with Crippen LogP contribution in [0.2, 0.25) is 0 Å². The average Bonchev–Trinajstić information content (AvgIpc) is 2.89. The van der Waals surface area contributed by atoms with Crippen molar-refractivity contribution < 1.29 is 83.6 Å². The molecule has 0 spiro atoms. The highest BCUT2D eigenvalue weighted by Gasteiger charge is 2.49. The molecule has 0 aromatic rings. The second-order valence-electron chi connectivity index (χ2n) is 8.21. The van der Waals surface area contributed by atoms with Gasteiger partial charge in [-0.25, -0.2) is 4.79 Å². The van der Waals surface area contributed by atoms with E-state index < -0.39 is 106 Å². The molecule has 8 N–H and O–H groups in total. The number of carboxylic acid groups (broad SMARTS) is 1. The van der Waals surface area contributed by atoms with Crippen LogP contribution in [0.1, 0.15) is 0 Å². The summed E-state index contributed by atoms with van der Waals surface area (Å²) in [5.41, 5.74) is 0. The summed E-state index contributed by atoms with van der Waals surface area (Å²) in [5, 5.41) is 79.3. The number of rotatable bonds is 14. The molecular formula is C20H34O17. The monoisotopic (exact) mass is 546 g/mol. The van der Waals surface area contributed by atoms with Gasteiger partial charge in [-0.2, -0.15) is 0 Å². The standard InChI is InChI=1S/C20H34O17/c1-31-15-9(5-23)36-19(14(28)11(15)25)33-7(3-21)8(4-22)34-20(17(29)30)37-16-10(6-24)35-18(32-2)13(27)12(16)26/h3,7-16,18-20,22-28H,4-6H2,1-2H3,(H,29,30)/t7?,8?,9?,10?,11-,12-,13?,14?,15+,16+,18-,19-,20?/m0/s1. The van der Waals surface area contributed by atoms with Crippen LogP contribution in [0.3, 0.4) is 0 Å². The molecule has 0 radical (unpaired) electrons. The number of hydrogen-bond donors (Lipinski definition) is 8. The molecule has 7 unspecified atom stereocenters. The maximum Gasteiger partial charge on any atom is 0.361 e. The first-order valence-electron chi connectivity index (χ1n) is 11.1. The molecule has 2 aliphatic heterocycles. The highest BCUT2D eigenvalue weighted by Crippen LogP contribution is 2.27. The lowest BCUT2D eigenvalue weighted by Crippen LogP contribution is -2.62. The fourth-order valence-electron chi connectivity index (χ4n) is 3.91. The quantitative estimate of drug-likeness (QED) is 0.0745. The molecular weight excluding hydrogens is 512 g/mol. The van der Waals surface area contributed by atoms with Crippen LogP contribution < -0.4 is 0 Å². The highest BCUT2D eigenvalue weighted by molar-refractivity contribution is 5.70. The highest BCUT2D eigenvalue weighted by atomic mass is 16.8. The Balaban J connectivity index is 2.16. The average molecular weight is 546 g/mol. The minimum absolute atomic E-state index is 0.0979. The maximum absolute atomic E-state index is 11.8. The van der Waals surface area contributed by atoms with Crippen molar-refractivity contribution in [1.29, 1.82) is 0 Å². The SMILES string of the molecule is CO[C@H]1OC(CO)[C@@H](OC(OC(CO)C(C=O)O[C@H]2OC(CO)[C@@H](OC)[C@@H](O)C2O)C(=O)O)[C@@H](O)C1O. The normalized spacial score (nSPS) is 39.1. The number of aliphatic hydroxyl groups excluding tert-OH is 7. The van der Waals surface area contributed by atoms with E-state index in [1.165, 1.54) is 7.11 Å². The molecule has 17 nitrogen and oxygen atoms in total. The van der Waals surface area contributed by atoms with Gasteiger partial charge >= 0.3 is 5.97 Å². The summed E-state index contributed by atoms with van der Waals surface area (Å²) in [7, 11) is 2.36. The Bertz CT molecular complexity index is 706. The molecule has 0 saturated carbocycles. The number of aliphatic carboxylic acids is 1. The molecule has 2 aliphatic rings. The van der Waals surface area contributed by atoms with Gasteiger partial charge in [0, 0.05) is 14.2 Å². The minimum atomic E-state index is -2.29. The van der Waals surface area contributed by atoms with Crippen molar-refractivity contribution in [1.82, 2.24) is 0 Å². The van der Waals surface area contributed by atoms with Crippen molar-refractivity contribution in [2.24, 2.45) is 0 Å². The van der Waals surface area contributed by atoms with Gasteiger partial charge in [-0.05, 0) is 0 Å². The van der Waals surface area contributed by atoms with Crippen molar-refractivity contribution in [3.05, 3.63) is 0 Å². The molecule has 0 amide bonds. The van der Waals surface area contributed by atoms with Crippen molar-refractivity contribution in [2.75, 3.05) is 34.0 Å². The third-order valence-electron chi connectivity index (χ3n) is 5.90. The number of hydrogen-bond acceptors (Lipinski definition) is 16. The number of aliphatic hydroxyl groups is 7. The van der Waals surface area contributed by atoms with Gasteiger partial charge in [0.15, 0.2) is 18.9 Å². The van der Waals surface area contributed by atoms with E-state index in [9.17, 15) is 50.4 Å². The van der Waals surface area contributed by atoms with Gasteiger partial charge in [-0.3, -0.25) is 0 Å². The van der Waals surface area contributed by atoms with Crippen molar-refractivity contribution in [3.8, 4) is 0 Å². The first-order valence-corrected chi connectivity index (χ1v) is 11.1. The number of ether oxygens (including phenoxy) is 7. The second kappa shape index (κ2) is 14.7. The summed E-state index contributed by atoms with van der Waals surface area (Å²) in [4.78, 5) is 23.5. The van der Waals surface area contributed by atoms with Crippen LogP contribution in [-0.4, -0.2) is 167 Å². The predicted molar refractivity (Wildman–Crippen MR) is 113 cm³/mol. The van der Waals surface area contributed by atoms with E-state index in [1.54, 1.807) is 0 Å². The summed E-state index contributed by atoms with van der Waals surface area (Å²) in [5.74, 6) is -1.79. The van der Waals surface area contributed by atoms with Gasteiger partial charge in [0.2, 0.25) is 0 Å². The van der Waals surface area contributed by atoms with Crippen LogP contribution in [0.4, 0.5) is 0 Å². The van der Waals surface area contributed by atoms with E-state index in [-0.39, 0.29) is 6.29 Å². The van der Waals surface area contributed by atoms with E-state index >= 15 is 0 Å². The zero-order valence-corrected chi connectivity index (χ0v) is 20.0. The fraction of sp³-hybridized carbons (Fsp3) is 0.900. The molecule has 0 aliphatic carbocycles. The van der Waals surface area contributed by atoms with Gasteiger partial charge in [0.1, 0.15) is 61.0 Å². The summed E-state index contributed by atoms with van der Waals surface area (Å²) in [6.45, 7) is -2.46. The molecule has 2 saturated heterocycles. The third kappa shape index (κ3) is 7.37. The molecule has 216 valence electrons. The maximum atomic E-state index is 11.8. The van der Waals surface area contributed by atoms with E-state index in [4.69, 9.17) is 33.2 Å². The number of methoxy groups -OCH3 is 2. The van der Waals surface area contributed by atoms with Crippen molar-refractivity contribution >= 4 is 12.3 Å². The molecule has 2 fully saturated rings. The number of carbonyl (C=O) groups excluding carboxylic acids is 1. The lowest BCUT2D eigenvalue weighted by atomic mass is 9.99. The Morgan fingerprint density at radius 1 is 0.838 bits per heavy atom. The molecule has 0 aromatic carbocycles. The second-order valence-corrected chi connectivity index (χ2v) is 8.21. The number of carbonyl (C=O) groups is 2. The van der Waals surface area contributed by atoms with Crippen LogP contribution in [0.5, 0.6) is 0 Å². The van der Waals surface area contributed by atoms with Crippen molar-refractivity contribution in [2.45, 2.75) is 79.9 Å². The van der Waals surface area contributed by atoms with Crippen LogP contribution >= 0.6 is 0 Å². The zero-order chi connectivity index (χ0) is 27.9. The van der Waals surface area contributed by atoms with Crippen LogP contribution in [0, 0.1) is 0 Å². The Morgan fingerprint density at radius 2 is 1.38 bits per heavy atom.